The zero-order valence-corrected chi connectivity index (χ0v) is 14.7. The van der Waals surface area contributed by atoms with Gasteiger partial charge < -0.3 is 10.2 Å². The van der Waals surface area contributed by atoms with Gasteiger partial charge in [-0.1, -0.05) is 62.1 Å². The van der Waals surface area contributed by atoms with Gasteiger partial charge in [0, 0.05) is 6.42 Å². The lowest BCUT2D eigenvalue weighted by Gasteiger charge is -2.14. The van der Waals surface area contributed by atoms with E-state index in [2.05, 4.69) is 39.8 Å². The van der Waals surface area contributed by atoms with Crippen LogP contribution >= 0.6 is 0 Å². The van der Waals surface area contributed by atoms with Gasteiger partial charge in [0.2, 0.25) is 0 Å². The second-order valence-corrected chi connectivity index (χ2v) is 6.54. The smallest absolute Gasteiger partial charge is 0.122 e. The van der Waals surface area contributed by atoms with Crippen molar-refractivity contribution in [2.45, 2.75) is 59.8 Å². The highest BCUT2D eigenvalue weighted by Crippen LogP contribution is 2.32. The van der Waals surface area contributed by atoms with E-state index >= 15 is 0 Å². The lowest BCUT2D eigenvalue weighted by molar-refractivity contribution is 0.455. The Kier molecular flexibility index (Phi) is 5.70. The van der Waals surface area contributed by atoms with Gasteiger partial charge in [-0.2, -0.15) is 0 Å². The molecule has 0 bridgehead atoms. The van der Waals surface area contributed by atoms with Crippen molar-refractivity contribution < 1.29 is 10.2 Å². The summed E-state index contributed by atoms with van der Waals surface area (Å²) in [6, 6.07) is 8.16. The maximum Gasteiger partial charge on any atom is 0.122 e. The third-order valence-electron chi connectivity index (χ3n) is 4.24. The summed E-state index contributed by atoms with van der Waals surface area (Å²) in [4.78, 5) is 0. The summed E-state index contributed by atoms with van der Waals surface area (Å²) in [6.45, 7) is 8.34. The number of benzene rings is 2. The van der Waals surface area contributed by atoms with Crippen LogP contribution in [0.2, 0.25) is 0 Å². The maximum absolute atomic E-state index is 10.6. The van der Waals surface area contributed by atoms with E-state index in [4.69, 9.17) is 0 Å². The minimum atomic E-state index is 0.385. The van der Waals surface area contributed by atoms with E-state index in [1.54, 1.807) is 0 Å². The van der Waals surface area contributed by atoms with E-state index in [0.717, 1.165) is 59.1 Å². The minimum Gasteiger partial charge on any atom is -0.507 e. The van der Waals surface area contributed by atoms with Crippen LogP contribution in [0.25, 0.3) is 0 Å². The van der Waals surface area contributed by atoms with Crippen LogP contribution in [0.15, 0.2) is 24.3 Å². The molecule has 23 heavy (non-hydrogen) atoms. The van der Waals surface area contributed by atoms with Gasteiger partial charge in [-0.3, -0.25) is 0 Å². The van der Waals surface area contributed by atoms with E-state index < -0.39 is 0 Å². The van der Waals surface area contributed by atoms with Crippen molar-refractivity contribution in [3.63, 3.8) is 0 Å². The third-order valence-corrected chi connectivity index (χ3v) is 4.24. The van der Waals surface area contributed by atoms with Crippen LogP contribution in [-0.2, 0) is 19.3 Å². The molecule has 0 fully saturated rings. The molecule has 0 heterocycles. The fraction of sp³-hybridized carbons (Fsp3) is 0.429. The van der Waals surface area contributed by atoms with E-state index in [9.17, 15) is 10.2 Å². The Morgan fingerprint density at radius 3 is 1.35 bits per heavy atom. The molecule has 0 atom stereocenters. The average Bonchev–Trinajstić information content (AvgIpc) is 2.49. The first-order chi connectivity index (χ1) is 11.0. The number of aryl methyl sites for hydroxylation is 4. The molecule has 0 saturated heterocycles. The SMILES string of the molecule is CCCc1cc(C)cc(Cc2cc(C)cc(CCC)c2O)c1O. The van der Waals surface area contributed by atoms with Crippen LogP contribution in [-0.4, -0.2) is 10.2 Å². The monoisotopic (exact) mass is 312 g/mol. The number of phenolic OH excluding ortho intramolecular Hbond substituents is 2. The van der Waals surface area contributed by atoms with Gasteiger partial charge in [0.05, 0.1) is 0 Å². The highest BCUT2D eigenvalue weighted by Gasteiger charge is 2.13. The summed E-state index contributed by atoms with van der Waals surface area (Å²) < 4.78 is 0. The second-order valence-electron chi connectivity index (χ2n) is 6.54. The summed E-state index contributed by atoms with van der Waals surface area (Å²) in [6.07, 6.45) is 4.33. The molecule has 0 unspecified atom stereocenters. The first kappa shape index (κ1) is 17.4. The highest BCUT2D eigenvalue weighted by molar-refractivity contribution is 5.50. The predicted octanol–water partition coefficient (Wildman–Crippen LogP) is 5.21. The Hall–Kier alpha value is -1.96. The molecular formula is C21H28O2. The standard InChI is InChI=1S/C21H28O2/c1-5-7-16-9-14(3)11-18(20(16)22)13-19-12-15(4)10-17(8-6-2)21(19)23/h9-12,22-23H,5-8,13H2,1-4H3. The number of hydrogen-bond donors (Lipinski definition) is 2. The van der Waals surface area contributed by atoms with Gasteiger partial charge in [-0.15, -0.1) is 0 Å². The Balaban J connectivity index is 2.43. The maximum atomic E-state index is 10.6. The van der Waals surface area contributed by atoms with Gasteiger partial charge in [0.1, 0.15) is 11.5 Å². The van der Waals surface area contributed by atoms with Gasteiger partial charge in [0.25, 0.3) is 0 Å². The molecule has 0 radical (unpaired) electrons. The van der Waals surface area contributed by atoms with Crippen molar-refractivity contribution in [3.05, 3.63) is 57.6 Å². The summed E-state index contributed by atoms with van der Waals surface area (Å²) in [5.74, 6) is 0.769. The highest BCUT2D eigenvalue weighted by atomic mass is 16.3. The number of aromatic hydroxyl groups is 2. The number of hydrogen-bond acceptors (Lipinski definition) is 2. The van der Waals surface area contributed by atoms with E-state index in [1.807, 2.05) is 12.1 Å². The molecule has 2 nitrogen and oxygen atoms in total. The zero-order chi connectivity index (χ0) is 17.0. The number of phenols is 2. The van der Waals surface area contributed by atoms with Crippen LogP contribution in [0.1, 0.15) is 60.1 Å². The van der Waals surface area contributed by atoms with Crippen LogP contribution < -0.4 is 0 Å². The molecule has 2 N–H and O–H groups in total. The molecule has 2 heteroatoms. The molecule has 0 amide bonds. The normalized spacial score (nSPS) is 11.0. The van der Waals surface area contributed by atoms with Crippen molar-refractivity contribution in [2.24, 2.45) is 0 Å². The predicted molar refractivity (Wildman–Crippen MR) is 96.5 cm³/mol. The quantitative estimate of drug-likeness (QED) is 0.768. The lowest BCUT2D eigenvalue weighted by Crippen LogP contribution is -1.98. The first-order valence-corrected chi connectivity index (χ1v) is 8.59. The van der Waals surface area contributed by atoms with Gasteiger partial charge in [-0.05, 0) is 48.9 Å². The second kappa shape index (κ2) is 7.54. The Labute approximate surface area is 139 Å². The van der Waals surface area contributed by atoms with Crippen molar-refractivity contribution in [3.8, 4) is 11.5 Å². The fourth-order valence-corrected chi connectivity index (χ4v) is 3.26. The molecule has 0 aliphatic rings. The van der Waals surface area contributed by atoms with Gasteiger partial charge in [-0.25, -0.2) is 0 Å². The van der Waals surface area contributed by atoms with E-state index in [1.165, 1.54) is 0 Å². The number of rotatable bonds is 6. The molecule has 2 aromatic carbocycles. The van der Waals surface area contributed by atoms with Crippen molar-refractivity contribution in [1.82, 2.24) is 0 Å². The molecule has 2 rings (SSSR count). The molecular weight excluding hydrogens is 284 g/mol. The summed E-state index contributed by atoms with van der Waals surface area (Å²) >= 11 is 0. The van der Waals surface area contributed by atoms with Crippen LogP contribution in [0.3, 0.4) is 0 Å². The first-order valence-electron chi connectivity index (χ1n) is 8.59. The van der Waals surface area contributed by atoms with Crippen molar-refractivity contribution in [2.75, 3.05) is 0 Å². The van der Waals surface area contributed by atoms with Crippen molar-refractivity contribution >= 4 is 0 Å². The Bertz CT molecular complexity index is 627. The summed E-state index contributed by atoms with van der Waals surface area (Å²) in [5, 5.41) is 21.1. The minimum absolute atomic E-state index is 0.385. The van der Waals surface area contributed by atoms with Crippen LogP contribution in [0.4, 0.5) is 0 Å². The fourth-order valence-electron chi connectivity index (χ4n) is 3.26. The topological polar surface area (TPSA) is 40.5 Å². The lowest BCUT2D eigenvalue weighted by atomic mass is 9.93. The molecule has 0 aliphatic carbocycles. The molecule has 0 aromatic heterocycles. The van der Waals surface area contributed by atoms with Crippen LogP contribution in [0, 0.1) is 13.8 Å². The van der Waals surface area contributed by atoms with Gasteiger partial charge in [0.15, 0.2) is 0 Å². The Morgan fingerprint density at radius 1 is 0.652 bits per heavy atom. The summed E-state index contributed by atoms with van der Waals surface area (Å²) in [7, 11) is 0. The Morgan fingerprint density at radius 2 is 1.00 bits per heavy atom. The third kappa shape index (κ3) is 4.07. The molecule has 124 valence electrons. The molecule has 0 saturated carbocycles. The average molecular weight is 312 g/mol. The molecule has 2 aromatic rings. The van der Waals surface area contributed by atoms with Crippen LogP contribution in [0.5, 0.6) is 11.5 Å². The van der Waals surface area contributed by atoms with Gasteiger partial charge >= 0.3 is 0 Å². The van der Waals surface area contributed by atoms with E-state index in [-0.39, 0.29) is 0 Å². The van der Waals surface area contributed by atoms with Crippen molar-refractivity contribution in [1.29, 1.82) is 0 Å². The molecule has 0 aliphatic heterocycles. The van der Waals surface area contributed by atoms with E-state index in [0.29, 0.717) is 17.9 Å². The largest absolute Gasteiger partial charge is 0.507 e. The zero-order valence-electron chi connectivity index (χ0n) is 14.7. The molecule has 0 spiro atoms. The summed E-state index contributed by atoms with van der Waals surface area (Å²) in [5.41, 5.74) is 6.12.